The van der Waals surface area contributed by atoms with E-state index in [-0.39, 0.29) is 5.91 Å². The Hall–Kier alpha value is -1.65. The Balaban J connectivity index is 2.03. The Morgan fingerprint density at radius 2 is 1.94 bits per heavy atom. The fourth-order valence-electron chi connectivity index (χ4n) is 2.06. The van der Waals surface area contributed by atoms with E-state index < -0.39 is 0 Å². The Bertz CT molecular complexity index is 417. The fourth-order valence-corrected chi connectivity index (χ4v) is 2.06. The van der Waals surface area contributed by atoms with Gasteiger partial charge in [0.05, 0.1) is 0 Å². The smallest absolute Gasteiger partial charge is 0.274 e. The van der Waals surface area contributed by atoms with E-state index in [1.165, 1.54) is 0 Å². The molecule has 2 heterocycles. The molecule has 0 spiro atoms. The Morgan fingerprint density at radius 1 is 1.28 bits per heavy atom. The van der Waals surface area contributed by atoms with Crippen molar-refractivity contribution in [3.63, 3.8) is 0 Å². The number of carbonyl (C=O) groups excluding carboxylic acids is 1. The first-order chi connectivity index (χ1) is 8.52. The normalized spacial score (nSPS) is 18.5. The van der Waals surface area contributed by atoms with Crippen LogP contribution in [0.3, 0.4) is 0 Å². The number of carbonyl (C=O) groups is 1. The van der Waals surface area contributed by atoms with Crippen LogP contribution in [0.1, 0.15) is 37.2 Å². The molecule has 98 valence electrons. The summed E-state index contributed by atoms with van der Waals surface area (Å²) in [5.41, 5.74) is 0.770. The minimum Gasteiger partial charge on any atom is -0.372 e. The van der Waals surface area contributed by atoms with Crippen molar-refractivity contribution in [3.8, 4) is 0 Å². The highest BCUT2D eigenvalue weighted by Crippen LogP contribution is 2.30. The van der Waals surface area contributed by atoms with E-state index in [0.29, 0.717) is 16.9 Å². The average Bonchev–Trinajstić information content (AvgIpc) is 2.38. The van der Waals surface area contributed by atoms with Crippen molar-refractivity contribution in [1.29, 1.82) is 0 Å². The lowest BCUT2D eigenvalue weighted by Gasteiger charge is -2.36. The highest BCUT2D eigenvalue weighted by molar-refractivity contribution is 5.92. The molecule has 0 radical (unpaired) electrons. The zero-order valence-corrected chi connectivity index (χ0v) is 11.2. The summed E-state index contributed by atoms with van der Waals surface area (Å²) in [7, 11) is 1.78. The molecule has 1 amide bonds. The fraction of sp³-hybridized carbons (Fsp3) is 0.615. The van der Waals surface area contributed by atoms with Crippen molar-refractivity contribution in [1.82, 2.24) is 15.1 Å². The first-order valence-electron chi connectivity index (χ1n) is 6.33. The van der Waals surface area contributed by atoms with Crippen LogP contribution in [0, 0.1) is 5.41 Å². The van der Waals surface area contributed by atoms with Crippen molar-refractivity contribution < 1.29 is 4.79 Å². The second-order valence-corrected chi connectivity index (χ2v) is 5.51. The van der Waals surface area contributed by atoms with E-state index in [4.69, 9.17) is 0 Å². The van der Waals surface area contributed by atoms with Crippen LogP contribution in [0.4, 0.5) is 5.82 Å². The van der Waals surface area contributed by atoms with Crippen molar-refractivity contribution >= 4 is 11.7 Å². The molecule has 1 N–H and O–H groups in total. The molecule has 1 saturated heterocycles. The van der Waals surface area contributed by atoms with Gasteiger partial charge in [0.1, 0.15) is 5.82 Å². The second-order valence-electron chi connectivity index (χ2n) is 5.51. The van der Waals surface area contributed by atoms with E-state index in [1.807, 2.05) is 4.90 Å². The molecule has 0 atom stereocenters. The summed E-state index contributed by atoms with van der Waals surface area (Å²) in [4.78, 5) is 14.1. The van der Waals surface area contributed by atoms with Gasteiger partial charge in [0.2, 0.25) is 0 Å². The third kappa shape index (κ3) is 2.78. The van der Waals surface area contributed by atoms with Gasteiger partial charge >= 0.3 is 0 Å². The lowest BCUT2D eigenvalue weighted by atomic mass is 9.82. The molecule has 0 bridgehead atoms. The molecule has 1 fully saturated rings. The van der Waals surface area contributed by atoms with Crippen LogP contribution in [-0.2, 0) is 0 Å². The molecule has 0 aliphatic carbocycles. The highest BCUT2D eigenvalue weighted by Gasteiger charge is 2.28. The largest absolute Gasteiger partial charge is 0.372 e. The van der Waals surface area contributed by atoms with Crippen LogP contribution in [0.25, 0.3) is 0 Å². The van der Waals surface area contributed by atoms with Gasteiger partial charge in [-0.3, -0.25) is 4.79 Å². The second kappa shape index (κ2) is 4.92. The van der Waals surface area contributed by atoms with E-state index in [1.54, 1.807) is 19.2 Å². The standard InChI is InChI=1S/C13H20N4O/c1-13(2)6-8-17(9-7-13)12(18)10-4-5-11(14-3)16-15-10/h4-5H,6-9H2,1-3H3,(H,14,16). The van der Waals surface area contributed by atoms with Crippen LogP contribution in [0.2, 0.25) is 0 Å². The van der Waals surface area contributed by atoms with Crippen LogP contribution < -0.4 is 5.32 Å². The predicted octanol–water partition coefficient (Wildman–Crippen LogP) is 1.78. The molecular formula is C13H20N4O. The summed E-state index contributed by atoms with van der Waals surface area (Å²) in [5.74, 6) is 0.659. The number of nitrogens with one attached hydrogen (secondary N) is 1. The summed E-state index contributed by atoms with van der Waals surface area (Å²) >= 11 is 0. The number of amides is 1. The Labute approximate surface area is 108 Å². The predicted molar refractivity (Wildman–Crippen MR) is 70.5 cm³/mol. The number of piperidine rings is 1. The number of hydrogen-bond donors (Lipinski definition) is 1. The van der Waals surface area contributed by atoms with Crippen molar-refractivity contribution in [2.75, 3.05) is 25.5 Å². The van der Waals surface area contributed by atoms with Crippen LogP contribution >= 0.6 is 0 Å². The Kier molecular flexibility index (Phi) is 3.50. The van der Waals surface area contributed by atoms with E-state index in [9.17, 15) is 4.79 Å². The maximum absolute atomic E-state index is 12.2. The topological polar surface area (TPSA) is 58.1 Å². The lowest BCUT2D eigenvalue weighted by molar-refractivity contribution is 0.0623. The highest BCUT2D eigenvalue weighted by atomic mass is 16.2. The third-order valence-corrected chi connectivity index (χ3v) is 3.54. The monoisotopic (exact) mass is 248 g/mol. The molecule has 1 aromatic rings. The van der Waals surface area contributed by atoms with Crippen molar-refractivity contribution in [2.24, 2.45) is 5.41 Å². The molecule has 2 rings (SSSR count). The third-order valence-electron chi connectivity index (χ3n) is 3.54. The molecule has 1 aromatic heterocycles. The van der Waals surface area contributed by atoms with Gasteiger partial charge in [-0.05, 0) is 30.4 Å². The molecule has 1 aliphatic rings. The molecule has 5 heteroatoms. The zero-order valence-electron chi connectivity index (χ0n) is 11.2. The number of rotatable bonds is 2. The van der Waals surface area contributed by atoms with Gasteiger partial charge in [-0.2, -0.15) is 0 Å². The summed E-state index contributed by atoms with van der Waals surface area (Å²) in [6.45, 7) is 6.11. The van der Waals surface area contributed by atoms with E-state index in [2.05, 4.69) is 29.4 Å². The van der Waals surface area contributed by atoms with Crippen molar-refractivity contribution in [3.05, 3.63) is 17.8 Å². The number of nitrogens with zero attached hydrogens (tertiary/aromatic N) is 3. The van der Waals surface area contributed by atoms with Gasteiger partial charge in [0.25, 0.3) is 5.91 Å². The van der Waals surface area contributed by atoms with Gasteiger partial charge in [0, 0.05) is 20.1 Å². The molecule has 5 nitrogen and oxygen atoms in total. The van der Waals surface area contributed by atoms with Crippen LogP contribution in [0.5, 0.6) is 0 Å². The number of likely N-dealkylation sites (tertiary alicyclic amines) is 1. The van der Waals surface area contributed by atoms with Gasteiger partial charge in [-0.1, -0.05) is 13.8 Å². The number of anilines is 1. The molecule has 1 aliphatic heterocycles. The quantitative estimate of drug-likeness (QED) is 0.866. The number of aromatic nitrogens is 2. The summed E-state index contributed by atoms with van der Waals surface area (Å²) in [6, 6.07) is 3.50. The van der Waals surface area contributed by atoms with Gasteiger partial charge in [-0.25, -0.2) is 0 Å². The Morgan fingerprint density at radius 3 is 2.44 bits per heavy atom. The average molecular weight is 248 g/mol. The first kappa shape index (κ1) is 12.8. The molecular weight excluding hydrogens is 228 g/mol. The maximum Gasteiger partial charge on any atom is 0.274 e. The minimum atomic E-state index is -0.0133. The molecule has 0 unspecified atom stereocenters. The minimum absolute atomic E-state index is 0.0133. The van der Waals surface area contributed by atoms with Gasteiger partial charge in [-0.15, -0.1) is 10.2 Å². The number of hydrogen-bond acceptors (Lipinski definition) is 4. The summed E-state index contributed by atoms with van der Waals surface area (Å²) in [6.07, 6.45) is 2.08. The van der Waals surface area contributed by atoms with Crippen LogP contribution in [0.15, 0.2) is 12.1 Å². The lowest BCUT2D eigenvalue weighted by Crippen LogP contribution is -2.41. The van der Waals surface area contributed by atoms with Gasteiger partial charge in [0.15, 0.2) is 5.69 Å². The van der Waals surface area contributed by atoms with Crippen LogP contribution in [-0.4, -0.2) is 41.1 Å². The SMILES string of the molecule is CNc1ccc(C(=O)N2CCC(C)(C)CC2)nn1. The summed E-state index contributed by atoms with van der Waals surface area (Å²) < 4.78 is 0. The molecule has 0 saturated carbocycles. The molecule has 0 aromatic carbocycles. The zero-order chi connectivity index (χ0) is 13.2. The van der Waals surface area contributed by atoms with E-state index >= 15 is 0 Å². The molecule has 18 heavy (non-hydrogen) atoms. The maximum atomic E-state index is 12.2. The first-order valence-corrected chi connectivity index (χ1v) is 6.33. The van der Waals surface area contributed by atoms with Crippen molar-refractivity contribution in [2.45, 2.75) is 26.7 Å². The van der Waals surface area contributed by atoms with E-state index in [0.717, 1.165) is 25.9 Å². The summed E-state index contributed by atoms with van der Waals surface area (Å²) in [5, 5.41) is 10.8. The van der Waals surface area contributed by atoms with Gasteiger partial charge < -0.3 is 10.2 Å².